The molecule has 108 valence electrons. The van der Waals surface area contributed by atoms with Crippen molar-refractivity contribution in [2.24, 2.45) is 5.73 Å². The highest BCUT2D eigenvalue weighted by Gasteiger charge is 2.22. The van der Waals surface area contributed by atoms with Crippen molar-refractivity contribution in [1.82, 2.24) is 4.90 Å². The summed E-state index contributed by atoms with van der Waals surface area (Å²) in [4.78, 5) is 13.7. The summed E-state index contributed by atoms with van der Waals surface area (Å²) >= 11 is 3.36. The zero-order valence-corrected chi connectivity index (χ0v) is 13.7. The van der Waals surface area contributed by atoms with Crippen molar-refractivity contribution in [3.8, 4) is 5.75 Å². The molecular formula is C13H20BrClN2O2. The van der Waals surface area contributed by atoms with E-state index in [4.69, 9.17) is 10.5 Å². The van der Waals surface area contributed by atoms with E-state index >= 15 is 0 Å². The van der Waals surface area contributed by atoms with Crippen LogP contribution >= 0.6 is 28.3 Å². The van der Waals surface area contributed by atoms with Gasteiger partial charge in [-0.05, 0) is 32.0 Å². The second-order valence-electron chi connectivity index (χ2n) is 4.25. The summed E-state index contributed by atoms with van der Waals surface area (Å²) < 4.78 is 6.53. The fraction of sp³-hybridized carbons (Fsp3) is 0.462. The van der Waals surface area contributed by atoms with E-state index < -0.39 is 6.10 Å². The monoisotopic (exact) mass is 350 g/mol. The zero-order chi connectivity index (χ0) is 13.7. The molecule has 2 atom stereocenters. The average molecular weight is 352 g/mol. The Hall–Kier alpha value is -0.780. The van der Waals surface area contributed by atoms with E-state index in [1.54, 1.807) is 18.9 Å². The molecule has 1 amide bonds. The molecule has 6 heteroatoms. The van der Waals surface area contributed by atoms with Crippen molar-refractivity contribution in [2.75, 3.05) is 13.6 Å². The first-order chi connectivity index (χ1) is 8.45. The molecule has 0 bridgehead atoms. The molecular weight excluding hydrogens is 332 g/mol. The van der Waals surface area contributed by atoms with Crippen molar-refractivity contribution < 1.29 is 9.53 Å². The summed E-state index contributed by atoms with van der Waals surface area (Å²) in [6, 6.07) is 7.42. The number of hydrogen-bond acceptors (Lipinski definition) is 3. The maximum Gasteiger partial charge on any atom is 0.263 e. The molecule has 0 aromatic heterocycles. The Kier molecular flexibility index (Phi) is 8.06. The van der Waals surface area contributed by atoms with Gasteiger partial charge in [0.15, 0.2) is 6.10 Å². The first-order valence-electron chi connectivity index (χ1n) is 5.84. The number of hydrogen-bond donors (Lipinski definition) is 1. The number of halogens is 2. The maximum atomic E-state index is 12.1. The first kappa shape index (κ1) is 18.2. The number of amides is 1. The SMILES string of the molecule is CC(Oc1cccc(Br)c1)C(=O)N(C)C(C)CN.Cl. The van der Waals surface area contributed by atoms with Crippen molar-refractivity contribution >= 4 is 34.2 Å². The predicted molar refractivity (Wildman–Crippen MR) is 82.8 cm³/mol. The molecule has 0 aliphatic carbocycles. The van der Waals surface area contributed by atoms with Crippen LogP contribution in [-0.2, 0) is 4.79 Å². The van der Waals surface area contributed by atoms with Crippen LogP contribution in [0.25, 0.3) is 0 Å². The van der Waals surface area contributed by atoms with Crippen molar-refractivity contribution in [2.45, 2.75) is 26.0 Å². The normalized spacial score (nSPS) is 13.1. The maximum absolute atomic E-state index is 12.1. The number of carbonyl (C=O) groups excluding carboxylic acids is 1. The van der Waals surface area contributed by atoms with Gasteiger partial charge in [-0.3, -0.25) is 4.79 Å². The highest BCUT2D eigenvalue weighted by atomic mass is 79.9. The Labute approximate surface area is 128 Å². The van der Waals surface area contributed by atoms with Gasteiger partial charge >= 0.3 is 0 Å². The number of benzene rings is 1. The van der Waals surface area contributed by atoms with Crippen LogP contribution in [0.5, 0.6) is 5.75 Å². The van der Waals surface area contributed by atoms with Crippen LogP contribution in [-0.4, -0.2) is 36.5 Å². The van der Waals surface area contributed by atoms with Gasteiger partial charge in [0.2, 0.25) is 0 Å². The third-order valence-electron chi connectivity index (χ3n) is 2.81. The molecule has 19 heavy (non-hydrogen) atoms. The second-order valence-corrected chi connectivity index (χ2v) is 5.17. The molecule has 1 rings (SSSR count). The van der Waals surface area contributed by atoms with Crippen LogP contribution in [0.4, 0.5) is 0 Å². The zero-order valence-electron chi connectivity index (χ0n) is 11.3. The summed E-state index contributed by atoms with van der Waals surface area (Å²) in [6.45, 7) is 4.08. The lowest BCUT2D eigenvalue weighted by atomic mass is 10.2. The number of carbonyl (C=O) groups is 1. The van der Waals surface area contributed by atoms with Gasteiger partial charge in [0.25, 0.3) is 5.91 Å². The van der Waals surface area contributed by atoms with Crippen LogP contribution in [0.3, 0.4) is 0 Å². The third-order valence-corrected chi connectivity index (χ3v) is 3.30. The minimum absolute atomic E-state index is 0. The molecule has 1 aromatic carbocycles. The fourth-order valence-electron chi connectivity index (χ4n) is 1.46. The fourth-order valence-corrected chi connectivity index (χ4v) is 1.84. The Balaban J connectivity index is 0.00000324. The second kappa shape index (κ2) is 8.40. The molecule has 0 saturated heterocycles. The van der Waals surface area contributed by atoms with E-state index in [2.05, 4.69) is 15.9 Å². The number of nitrogens with two attached hydrogens (primary N) is 1. The molecule has 0 saturated carbocycles. The van der Waals surface area contributed by atoms with Crippen LogP contribution in [0.2, 0.25) is 0 Å². The van der Waals surface area contributed by atoms with Gasteiger partial charge in [0, 0.05) is 24.1 Å². The molecule has 2 unspecified atom stereocenters. The van der Waals surface area contributed by atoms with Gasteiger partial charge in [-0.2, -0.15) is 0 Å². The van der Waals surface area contributed by atoms with Crippen molar-refractivity contribution in [3.63, 3.8) is 0 Å². The van der Waals surface area contributed by atoms with E-state index in [0.717, 1.165) is 4.47 Å². The summed E-state index contributed by atoms with van der Waals surface area (Å²) in [5, 5.41) is 0. The Bertz CT molecular complexity index is 417. The lowest BCUT2D eigenvalue weighted by Gasteiger charge is -2.26. The molecule has 1 aromatic rings. The number of likely N-dealkylation sites (N-methyl/N-ethyl adjacent to an activating group) is 1. The molecule has 4 nitrogen and oxygen atoms in total. The molecule has 0 heterocycles. The third kappa shape index (κ3) is 5.38. The van der Waals surface area contributed by atoms with E-state index in [-0.39, 0.29) is 24.4 Å². The molecule has 0 aliphatic rings. The Morgan fingerprint density at radius 3 is 2.63 bits per heavy atom. The van der Waals surface area contributed by atoms with Crippen molar-refractivity contribution in [1.29, 1.82) is 0 Å². The quantitative estimate of drug-likeness (QED) is 0.886. The van der Waals surface area contributed by atoms with E-state index in [9.17, 15) is 4.79 Å². The smallest absolute Gasteiger partial charge is 0.263 e. The highest BCUT2D eigenvalue weighted by molar-refractivity contribution is 9.10. The van der Waals surface area contributed by atoms with Gasteiger partial charge in [-0.15, -0.1) is 12.4 Å². The van der Waals surface area contributed by atoms with Gasteiger partial charge < -0.3 is 15.4 Å². The van der Waals surface area contributed by atoms with Crippen molar-refractivity contribution in [3.05, 3.63) is 28.7 Å². The molecule has 0 spiro atoms. The molecule has 2 N–H and O–H groups in total. The Morgan fingerprint density at radius 1 is 1.47 bits per heavy atom. The van der Waals surface area contributed by atoms with Crippen LogP contribution in [0.15, 0.2) is 28.7 Å². The molecule has 0 radical (unpaired) electrons. The molecule has 0 fully saturated rings. The molecule has 0 aliphatic heterocycles. The average Bonchev–Trinajstić information content (AvgIpc) is 2.36. The summed E-state index contributed by atoms with van der Waals surface area (Å²) in [6.07, 6.45) is -0.529. The summed E-state index contributed by atoms with van der Waals surface area (Å²) in [5.41, 5.74) is 5.54. The summed E-state index contributed by atoms with van der Waals surface area (Å²) in [7, 11) is 1.74. The lowest BCUT2D eigenvalue weighted by molar-refractivity contribution is -0.138. The van der Waals surface area contributed by atoms with Gasteiger partial charge in [-0.25, -0.2) is 0 Å². The van der Waals surface area contributed by atoms with E-state index in [1.165, 1.54) is 0 Å². The topological polar surface area (TPSA) is 55.6 Å². The van der Waals surface area contributed by atoms with Crippen LogP contribution in [0, 0.1) is 0 Å². The van der Waals surface area contributed by atoms with Crippen LogP contribution in [0.1, 0.15) is 13.8 Å². The highest BCUT2D eigenvalue weighted by Crippen LogP contribution is 2.19. The number of nitrogens with zero attached hydrogens (tertiary/aromatic N) is 1. The predicted octanol–water partition coefficient (Wildman–Crippen LogP) is 2.44. The minimum Gasteiger partial charge on any atom is -0.481 e. The van der Waals surface area contributed by atoms with Gasteiger partial charge in [0.05, 0.1) is 0 Å². The Morgan fingerprint density at radius 2 is 2.11 bits per heavy atom. The largest absolute Gasteiger partial charge is 0.481 e. The van der Waals surface area contributed by atoms with Gasteiger partial charge in [0.1, 0.15) is 5.75 Å². The number of rotatable bonds is 5. The first-order valence-corrected chi connectivity index (χ1v) is 6.64. The standard InChI is InChI=1S/C13H19BrN2O2.ClH/c1-9(8-15)16(3)13(17)10(2)18-12-6-4-5-11(14)7-12;/h4-7,9-10H,8,15H2,1-3H3;1H. The number of ether oxygens (including phenoxy) is 1. The summed E-state index contributed by atoms with van der Waals surface area (Å²) in [5.74, 6) is 0.590. The van der Waals surface area contributed by atoms with E-state index in [0.29, 0.717) is 12.3 Å². The lowest BCUT2D eigenvalue weighted by Crippen LogP contribution is -2.45. The van der Waals surface area contributed by atoms with Gasteiger partial charge in [-0.1, -0.05) is 22.0 Å². The van der Waals surface area contributed by atoms with Crippen LogP contribution < -0.4 is 10.5 Å². The van der Waals surface area contributed by atoms with E-state index in [1.807, 2.05) is 31.2 Å². The minimum atomic E-state index is -0.529.